The molecule has 1 unspecified atom stereocenters. The molecule has 104 valence electrons. The quantitative estimate of drug-likeness (QED) is 0.865. The zero-order chi connectivity index (χ0) is 13.9. The number of hydrogen-bond donors (Lipinski definition) is 0. The van der Waals surface area contributed by atoms with Gasteiger partial charge in [0.05, 0.1) is 17.4 Å². The zero-order valence-corrected chi connectivity index (χ0v) is 11.8. The molecule has 20 heavy (non-hydrogen) atoms. The normalized spacial score (nSPS) is 14.7. The minimum atomic E-state index is -1.16. The Balaban J connectivity index is 1.66. The molecule has 0 aromatic heterocycles. The largest absolute Gasteiger partial charge is 0.493 e. The van der Waals surface area contributed by atoms with Crippen LogP contribution >= 0.6 is 0 Å². The third-order valence-corrected chi connectivity index (χ3v) is 4.74. The van der Waals surface area contributed by atoms with Gasteiger partial charge in [-0.25, -0.2) is 4.39 Å². The Bertz CT molecular complexity index is 655. The van der Waals surface area contributed by atoms with E-state index in [0.717, 1.165) is 30.8 Å². The van der Waals surface area contributed by atoms with Crippen molar-refractivity contribution in [2.75, 3.05) is 12.4 Å². The molecule has 2 nitrogen and oxygen atoms in total. The maximum atomic E-state index is 13.1. The van der Waals surface area contributed by atoms with E-state index in [-0.39, 0.29) is 5.82 Å². The third-order valence-electron chi connectivity index (χ3n) is 3.39. The minimum Gasteiger partial charge on any atom is -0.493 e. The molecule has 3 rings (SSSR count). The summed E-state index contributed by atoms with van der Waals surface area (Å²) in [5, 5.41) is 0. The lowest BCUT2D eigenvalue weighted by Gasteiger charge is -2.05. The Labute approximate surface area is 120 Å². The molecular weight excluding hydrogens is 275 g/mol. The van der Waals surface area contributed by atoms with Gasteiger partial charge in [0.25, 0.3) is 0 Å². The summed E-state index contributed by atoms with van der Waals surface area (Å²) in [6.07, 6.45) is 1.66. The topological polar surface area (TPSA) is 26.3 Å². The molecule has 0 saturated heterocycles. The highest BCUT2D eigenvalue weighted by Gasteiger charge is 2.12. The SMILES string of the molecule is O=S(CCc1ccc2c(c1)CCO2)c1cccc(F)c1. The molecule has 0 N–H and O–H groups in total. The molecule has 0 radical (unpaired) electrons. The Morgan fingerprint density at radius 3 is 2.95 bits per heavy atom. The summed E-state index contributed by atoms with van der Waals surface area (Å²) in [6.45, 7) is 0.744. The summed E-state index contributed by atoms with van der Waals surface area (Å²) in [5.41, 5.74) is 2.37. The van der Waals surface area contributed by atoms with Crippen molar-refractivity contribution in [2.24, 2.45) is 0 Å². The molecule has 0 amide bonds. The first-order valence-electron chi connectivity index (χ1n) is 6.61. The van der Waals surface area contributed by atoms with Crippen molar-refractivity contribution >= 4 is 10.8 Å². The van der Waals surface area contributed by atoms with Gasteiger partial charge < -0.3 is 4.74 Å². The van der Waals surface area contributed by atoms with Gasteiger partial charge in [0.2, 0.25) is 0 Å². The molecule has 1 atom stereocenters. The average Bonchev–Trinajstić information content (AvgIpc) is 2.92. The van der Waals surface area contributed by atoms with Crippen LogP contribution in [0.4, 0.5) is 4.39 Å². The predicted octanol–water partition coefficient (Wildman–Crippen LogP) is 3.11. The first-order chi connectivity index (χ1) is 9.72. The number of ether oxygens (including phenoxy) is 1. The summed E-state index contributed by atoms with van der Waals surface area (Å²) in [6, 6.07) is 12.1. The van der Waals surface area contributed by atoms with Crippen LogP contribution in [0.15, 0.2) is 47.4 Å². The van der Waals surface area contributed by atoms with Crippen molar-refractivity contribution in [3.63, 3.8) is 0 Å². The van der Waals surface area contributed by atoms with Gasteiger partial charge in [-0.3, -0.25) is 4.21 Å². The van der Waals surface area contributed by atoms with Gasteiger partial charge in [-0.2, -0.15) is 0 Å². The Morgan fingerprint density at radius 2 is 2.10 bits per heavy atom. The second-order valence-electron chi connectivity index (χ2n) is 4.80. The molecule has 0 saturated carbocycles. The fraction of sp³-hybridized carbons (Fsp3) is 0.250. The van der Waals surface area contributed by atoms with Crippen LogP contribution in [0.5, 0.6) is 5.75 Å². The van der Waals surface area contributed by atoms with Crippen LogP contribution in [-0.2, 0) is 23.6 Å². The number of halogens is 1. The molecule has 0 bridgehead atoms. The number of fused-ring (bicyclic) bond motifs is 1. The van der Waals surface area contributed by atoms with E-state index in [0.29, 0.717) is 10.6 Å². The van der Waals surface area contributed by atoms with Crippen LogP contribution < -0.4 is 4.74 Å². The fourth-order valence-electron chi connectivity index (χ4n) is 2.33. The van der Waals surface area contributed by atoms with Gasteiger partial charge in [0.1, 0.15) is 11.6 Å². The van der Waals surface area contributed by atoms with Crippen molar-refractivity contribution in [1.29, 1.82) is 0 Å². The fourth-order valence-corrected chi connectivity index (χ4v) is 3.46. The monoisotopic (exact) mass is 290 g/mol. The van der Waals surface area contributed by atoms with Gasteiger partial charge >= 0.3 is 0 Å². The van der Waals surface area contributed by atoms with E-state index in [2.05, 4.69) is 6.07 Å². The Hall–Kier alpha value is -1.68. The van der Waals surface area contributed by atoms with Gasteiger partial charge in [-0.1, -0.05) is 18.2 Å². The van der Waals surface area contributed by atoms with Crippen molar-refractivity contribution < 1.29 is 13.3 Å². The number of aryl methyl sites for hydroxylation is 1. The summed E-state index contributed by atoms with van der Waals surface area (Å²) in [7, 11) is -1.16. The minimum absolute atomic E-state index is 0.342. The predicted molar refractivity (Wildman–Crippen MR) is 77.0 cm³/mol. The maximum absolute atomic E-state index is 13.1. The summed E-state index contributed by atoms with van der Waals surface area (Å²) in [4.78, 5) is 0.550. The van der Waals surface area contributed by atoms with E-state index < -0.39 is 10.8 Å². The van der Waals surface area contributed by atoms with Gasteiger partial charge in [-0.05, 0) is 41.8 Å². The van der Waals surface area contributed by atoms with Crippen molar-refractivity contribution in [3.05, 3.63) is 59.4 Å². The molecule has 1 heterocycles. The molecule has 2 aromatic rings. The van der Waals surface area contributed by atoms with E-state index in [1.807, 2.05) is 12.1 Å². The Kier molecular flexibility index (Phi) is 3.83. The second-order valence-corrected chi connectivity index (χ2v) is 6.37. The molecule has 0 fully saturated rings. The molecular formula is C16H15FO2S. The zero-order valence-electron chi connectivity index (χ0n) is 11.0. The highest BCUT2D eigenvalue weighted by atomic mass is 32.2. The molecule has 1 aliphatic rings. The number of hydrogen-bond acceptors (Lipinski definition) is 2. The van der Waals surface area contributed by atoms with Crippen molar-refractivity contribution in [1.82, 2.24) is 0 Å². The van der Waals surface area contributed by atoms with Crippen LogP contribution in [0.3, 0.4) is 0 Å². The molecule has 2 aromatic carbocycles. The molecule has 1 aliphatic heterocycles. The van der Waals surface area contributed by atoms with E-state index in [1.54, 1.807) is 12.1 Å². The highest BCUT2D eigenvalue weighted by molar-refractivity contribution is 7.85. The third kappa shape index (κ3) is 2.90. The van der Waals surface area contributed by atoms with Crippen LogP contribution in [0.2, 0.25) is 0 Å². The molecule has 0 spiro atoms. The first kappa shape index (κ1) is 13.3. The van der Waals surface area contributed by atoms with Crippen LogP contribution in [0.1, 0.15) is 11.1 Å². The summed E-state index contributed by atoms with van der Waals surface area (Å²) >= 11 is 0. The van der Waals surface area contributed by atoms with Crippen LogP contribution in [-0.4, -0.2) is 16.6 Å². The lowest BCUT2D eigenvalue weighted by molar-refractivity contribution is 0.357. The molecule has 4 heteroatoms. The average molecular weight is 290 g/mol. The lowest BCUT2D eigenvalue weighted by Crippen LogP contribution is -2.02. The summed E-state index contributed by atoms with van der Waals surface area (Å²) in [5.74, 6) is 1.12. The maximum Gasteiger partial charge on any atom is 0.124 e. The number of rotatable bonds is 4. The highest BCUT2D eigenvalue weighted by Crippen LogP contribution is 2.26. The van der Waals surface area contributed by atoms with E-state index >= 15 is 0 Å². The molecule has 0 aliphatic carbocycles. The smallest absolute Gasteiger partial charge is 0.124 e. The van der Waals surface area contributed by atoms with E-state index in [1.165, 1.54) is 17.7 Å². The standard InChI is InChI=1S/C16H15FO2S/c17-14-2-1-3-15(11-14)20(18)9-7-12-4-5-16-13(10-12)6-8-19-16/h1-5,10-11H,6-9H2. The Morgan fingerprint density at radius 1 is 1.20 bits per heavy atom. The number of benzene rings is 2. The van der Waals surface area contributed by atoms with Gasteiger partial charge in [0.15, 0.2) is 0 Å². The lowest BCUT2D eigenvalue weighted by atomic mass is 10.1. The van der Waals surface area contributed by atoms with Gasteiger partial charge in [-0.15, -0.1) is 0 Å². The van der Waals surface area contributed by atoms with Crippen LogP contribution in [0.25, 0.3) is 0 Å². The second kappa shape index (κ2) is 5.75. The van der Waals surface area contributed by atoms with E-state index in [4.69, 9.17) is 4.74 Å². The van der Waals surface area contributed by atoms with Crippen molar-refractivity contribution in [3.8, 4) is 5.75 Å². The first-order valence-corrected chi connectivity index (χ1v) is 7.93. The summed E-state index contributed by atoms with van der Waals surface area (Å²) < 4.78 is 30.7. The van der Waals surface area contributed by atoms with Crippen molar-refractivity contribution in [2.45, 2.75) is 17.7 Å². The van der Waals surface area contributed by atoms with E-state index in [9.17, 15) is 8.60 Å². The van der Waals surface area contributed by atoms with Crippen LogP contribution in [0, 0.1) is 5.82 Å². The van der Waals surface area contributed by atoms with Gasteiger partial charge in [0, 0.05) is 17.1 Å².